The van der Waals surface area contributed by atoms with Crippen molar-refractivity contribution in [3.05, 3.63) is 29.6 Å². The fourth-order valence-electron chi connectivity index (χ4n) is 2.62. The summed E-state index contributed by atoms with van der Waals surface area (Å²) >= 11 is 0. The van der Waals surface area contributed by atoms with Gasteiger partial charge in [-0.1, -0.05) is 37.5 Å². The SMILES string of the molecule is NCC#Cc1ccc(NC(=O)C2CCCCCC2)c(F)c1. The Morgan fingerprint density at radius 3 is 2.62 bits per heavy atom. The molecule has 112 valence electrons. The zero-order valence-corrected chi connectivity index (χ0v) is 12.1. The number of benzene rings is 1. The number of nitrogens with one attached hydrogen (secondary N) is 1. The van der Waals surface area contributed by atoms with E-state index in [1.54, 1.807) is 12.1 Å². The molecule has 0 heterocycles. The molecule has 0 radical (unpaired) electrons. The Balaban J connectivity index is 2.03. The average molecular weight is 288 g/mol. The van der Waals surface area contributed by atoms with E-state index in [2.05, 4.69) is 17.2 Å². The molecule has 0 saturated heterocycles. The summed E-state index contributed by atoms with van der Waals surface area (Å²) in [5, 5.41) is 2.70. The Morgan fingerprint density at radius 1 is 1.29 bits per heavy atom. The van der Waals surface area contributed by atoms with E-state index in [4.69, 9.17) is 5.73 Å². The van der Waals surface area contributed by atoms with Gasteiger partial charge in [-0.25, -0.2) is 4.39 Å². The molecular weight excluding hydrogens is 267 g/mol. The number of halogens is 1. The van der Waals surface area contributed by atoms with Crippen LogP contribution in [0.1, 0.15) is 44.1 Å². The van der Waals surface area contributed by atoms with E-state index in [0.717, 1.165) is 25.7 Å². The third kappa shape index (κ3) is 4.57. The first kappa shape index (κ1) is 15.5. The summed E-state index contributed by atoms with van der Waals surface area (Å²) in [6.45, 7) is 0.238. The van der Waals surface area contributed by atoms with Crippen molar-refractivity contribution in [2.24, 2.45) is 11.7 Å². The summed E-state index contributed by atoms with van der Waals surface area (Å²) in [6, 6.07) is 4.57. The van der Waals surface area contributed by atoms with Crippen LogP contribution < -0.4 is 11.1 Å². The third-order valence-electron chi connectivity index (χ3n) is 3.79. The van der Waals surface area contributed by atoms with Crippen LogP contribution in [0, 0.1) is 23.6 Å². The van der Waals surface area contributed by atoms with Crippen molar-refractivity contribution < 1.29 is 9.18 Å². The average Bonchev–Trinajstić information content (AvgIpc) is 2.76. The molecule has 0 spiro atoms. The molecule has 21 heavy (non-hydrogen) atoms. The van der Waals surface area contributed by atoms with Gasteiger partial charge in [0.15, 0.2) is 0 Å². The Bertz CT molecular complexity index is 552. The van der Waals surface area contributed by atoms with Gasteiger partial charge in [0.05, 0.1) is 12.2 Å². The lowest BCUT2D eigenvalue weighted by Gasteiger charge is -2.14. The van der Waals surface area contributed by atoms with E-state index in [0.29, 0.717) is 5.56 Å². The first-order valence-electron chi connectivity index (χ1n) is 7.50. The predicted molar refractivity (Wildman–Crippen MR) is 82.2 cm³/mol. The van der Waals surface area contributed by atoms with Crippen molar-refractivity contribution in [3.63, 3.8) is 0 Å². The van der Waals surface area contributed by atoms with Crippen molar-refractivity contribution in [2.75, 3.05) is 11.9 Å². The number of hydrogen-bond acceptors (Lipinski definition) is 2. The molecule has 3 nitrogen and oxygen atoms in total. The van der Waals surface area contributed by atoms with Gasteiger partial charge in [0, 0.05) is 11.5 Å². The Labute approximate surface area is 125 Å². The Hall–Kier alpha value is -1.86. The van der Waals surface area contributed by atoms with E-state index in [-0.39, 0.29) is 24.1 Å². The monoisotopic (exact) mass is 288 g/mol. The van der Waals surface area contributed by atoms with Crippen molar-refractivity contribution in [3.8, 4) is 11.8 Å². The largest absolute Gasteiger partial charge is 0.323 e. The summed E-state index contributed by atoms with van der Waals surface area (Å²) < 4.78 is 14.0. The fourth-order valence-corrected chi connectivity index (χ4v) is 2.62. The number of amides is 1. The van der Waals surface area contributed by atoms with Gasteiger partial charge in [-0.15, -0.1) is 0 Å². The lowest BCUT2D eigenvalue weighted by Crippen LogP contribution is -2.22. The smallest absolute Gasteiger partial charge is 0.227 e. The Kier molecular flexibility index (Phi) is 5.77. The van der Waals surface area contributed by atoms with Crippen LogP contribution >= 0.6 is 0 Å². The molecule has 0 aliphatic heterocycles. The highest BCUT2D eigenvalue weighted by Gasteiger charge is 2.20. The highest BCUT2D eigenvalue weighted by molar-refractivity contribution is 5.92. The van der Waals surface area contributed by atoms with Crippen LogP contribution in [0.4, 0.5) is 10.1 Å². The first-order valence-corrected chi connectivity index (χ1v) is 7.50. The number of nitrogens with two attached hydrogens (primary N) is 1. The molecule has 1 aliphatic carbocycles. The molecule has 2 rings (SSSR count). The predicted octanol–water partition coefficient (Wildman–Crippen LogP) is 3.04. The molecule has 0 aromatic heterocycles. The molecule has 0 bridgehead atoms. The van der Waals surface area contributed by atoms with Crippen molar-refractivity contribution in [2.45, 2.75) is 38.5 Å². The molecule has 0 atom stereocenters. The standard InChI is InChI=1S/C17H21FN2O/c18-15-12-13(6-5-11-19)9-10-16(15)20-17(21)14-7-3-1-2-4-8-14/h9-10,12,14H,1-4,7-8,11,19H2,(H,20,21). The topological polar surface area (TPSA) is 55.1 Å². The molecular formula is C17H21FN2O. The minimum Gasteiger partial charge on any atom is -0.323 e. The van der Waals surface area contributed by atoms with Crippen molar-refractivity contribution >= 4 is 11.6 Å². The maximum absolute atomic E-state index is 14.0. The van der Waals surface area contributed by atoms with Gasteiger partial charge in [0.25, 0.3) is 0 Å². The lowest BCUT2D eigenvalue weighted by molar-refractivity contribution is -0.120. The van der Waals surface area contributed by atoms with E-state index in [1.807, 2.05) is 0 Å². The molecule has 1 aromatic rings. The van der Waals surface area contributed by atoms with E-state index < -0.39 is 5.82 Å². The summed E-state index contributed by atoms with van der Waals surface area (Å²) in [5.41, 5.74) is 6.07. The molecule has 1 amide bonds. The van der Waals surface area contributed by atoms with Crippen LogP contribution in [-0.4, -0.2) is 12.5 Å². The summed E-state index contributed by atoms with van der Waals surface area (Å²) in [4.78, 5) is 12.2. The minimum atomic E-state index is -0.458. The number of rotatable bonds is 2. The van der Waals surface area contributed by atoms with Gasteiger partial charge in [-0.05, 0) is 31.0 Å². The van der Waals surface area contributed by atoms with Gasteiger partial charge in [0.1, 0.15) is 5.82 Å². The van der Waals surface area contributed by atoms with Crippen LogP contribution in [-0.2, 0) is 4.79 Å². The van der Waals surface area contributed by atoms with E-state index >= 15 is 0 Å². The van der Waals surface area contributed by atoms with Gasteiger partial charge >= 0.3 is 0 Å². The van der Waals surface area contributed by atoms with Gasteiger partial charge in [-0.3, -0.25) is 4.79 Å². The maximum atomic E-state index is 14.0. The van der Waals surface area contributed by atoms with Crippen LogP contribution in [0.3, 0.4) is 0 Å². The first-order chi connectivity index (χ1) is 10.2. The van der Waals surface area contributed by atoms with Gasteiger partial charge < -0.3 is 11.1 Å². The minimum absolute atomic E-state index is 0.00334. The zero-order valence-electron chi connectivity index (χ0n) is 12.1. The van der Waals surface area contributed by atoms with Crippen molar-refractivity contribution in [1.82, 2.24) is 0 Å². The molecule has 3 N–H and O–H groups in total. The molecule has 1 fully saturated rings. The third-order valence-corrected chi connectivity index (χ3v) is 3.79. The van der Waals surface area contributed by atoms with Gasteiger partial charge in [-0.2, -0.15) is 0 Å². The second-order valence-corrected chi connectivity index (χ2v) is 5.38. The van der Waals surface area contributed by atoms with E-state index in [9.17, 15) is 9.18 Å². The summed E-state index contributed by atoms with van der Waals surface area (Å²) in [7, 11) is 0. The normalized spacial score (nSPS) is 15.7. The van der Waals surface area contributed by atoms with Crippen LogP contribution in [0.5, 0.6) is 0 Å². The second-order valence-electron chi connectivity index (χ2n) is 5.38. The van der Waals surface area contributed by atoms with Gasteiger partial charge in [0.2, 0.25) is 5.91 Å². The van der Waals surface area contributed by atoms with Crippen LogP contribution in [0.15, 0.2) is 18.2 Å². The highest BCUT2D eigenvalue weighted by atomic mass is 19.1. The number of hydrogen-bond donors (Lipinski definition) is 2. The van der Waals surface area contributed by atoms with Crippen molar-refractivity contribution in [1.29, 1.82) is 0 Å². The lowest BCUT2D eigenvalue weighted by atomic mass is 9.99. The van der Waals surface area contributed by atoms with Crippen LogP contribution in [0.2, 0.25) is 0 Å². The maximum Gasteiger partial charge on any atom is 0.227 e. The second kappa shape index (κ2) is 7.80. The highest BCUT2D eigenvalue weighted by Crippen LogP contribution is 2.25. The molecule has 1 saturated carbocycles. The summed E-state index contributed by atoms with van der Waals surface area (Å²) in [5.74, 6) is 4.92. The number of carbonyl (C=O) groups excluding carboxylic acids is 1. The Morgan fingerprint density at radius 2 is 2.00 bits per heavy atom. The molecule has 4 heteroatoms. The number of carbonyl (C=O) groups is 1. The number of anilines is 1. The fraction of sp³-hybridized carbons (Fsp3) is 0.471. The molecule has 1 aromatic carbocycles. The van der Waals surface area contributed by atoms with E-state index in [1.165, 1.54) is 18.9 Å². The van der Waals surface area contributed by atoms with Crippen LogP contribution in [0.25, 0.3) is 0 Å². The zero-order chi connectivity index (χ0) is 15.1. The quantitative estimate of drug-likeness (QED) is 0.649. The molecule has 0 unspecified atom stereocenters. The summed E-state index contributed by atoms with van der Waals surface area (Å²) in [6.07, 6.45) is 6.32. The molecule has 1 aliphatic rings.